The summed E-state index contributed by atoms with van der Waals surface area (Å²) in [7, 11) is 0. The van der Waals surface area contributed by atoms with E-state index in [1.165, 1.54) is 0 Å². The van der Waals surface area contributed by atoms with Crippen LogP contribution < -0.4 is 16.0 Å². The van der Waals surface area contributed by atoms with Crippen molar-refractivity contribution in [3.05, 3.63) is 95.6 Å². The Morgan fingerprint density at radius 2 is 1.42 bits per heavy atom. The lowest BCUT2D eigenvalue weighted by molar-refractivity contribution is -0.120. The first-order valence-corrected chi connectivity index (χ1v) is 10.1. The number of rotatable bonds is 8. The van der Waals surface area contributed by atoms with Crippen LogP contribution in [0.1, 0.15) is 27.9 Å². The van der Waals surface area contributed by atoms with Gasteiger partial charge in [0, 0.05) is 29.9 Å². The van der Waals surface area contributed by atoms with Gasteiger partial charge in [-0.15, -0.1) is 0 Å². The molecule has 0 aliphatic rings. The second kappa shape index (κ2) is 10.7. The number of nitrogens with one attached hydrogen (secondary N) is 3. The fourth-order valence-electron chi connectivity index (χ4n) is 3.11. The van der Waals surface area contributed by atoms with Gasteiger partial charge in [0.1, 0.15) is 0 Å². The average Bonchev–Trinajstić information content (AvgIpc) is 2.76. The summed E-state index contributed by atoms with van der Waals surface area (Å²) < 4.78 is 0. The fourth-order valence-corrected chi connectivity index (χ4v) is 3.11. The van der Waals surface area contributed by atoms with E-state index < -0.39 is 0 Å². The van der Waals surface area contributed by atoms with E-state index in [1.807, 2.05) is 60.7 Å². The largest absolute Gasteiger partial charge is 0.355 e. The molecule has 0 bridgehead atoms. The van der Waals surface area contributed by atoms with E-state index in [0.29, 0.717) is 22.5 Å². The summed E-state index contributed by atoms with van der Waals surface area (Å²) in [4.78, 5) is 36.9. The smallest absolute Gasteiger partial charge is 0.256 e. The Hall–Kier alpha value is -3.93. The molecule has 31 heavy (non-hydrogen) atoms. The van der Waals surface area contributed by atoms with Crippen molar-refractivity contribution in [3.63, 3.8) is 0 Å². The summed E-state index contributed by atoms with van der Waals surface area (Å²) >= 11 is 0. The maximum absolute atomic E-state index is 12.6. The molecular weight excluding hydrogens is 390 g/mol. The normalized spacial score (nSPS) is 10.2. The average molecular weight is 415 g/mol. The van der Waals surface area contributed by atoms with Gasteiger partial charge in [-0.25, -0.2) is 0 Å². The van der Waals surface area contributed by atoms with Gasteiger partial charge >= 0.3 is 0 Å². The number of carbonyl (C=O) groups is 3. The number of amides is 3. The molecule has 3 rings (SSSR count). The quantitative estimate of drug-likeness (QED) is 0.521. The molecular formula is C25H25N3O3. The number of hydrogen-bond acceptors (Lipinski definition) is 3. The maximum Gasteiger partial charge on any atom is 0.256 e. The molecule has 6 nitrogen and oxygen atoms in total. The van der Waals surface area contributed by atoms with E-state index >= 15 is 0 Å². The number of para-hydroxylation sites is 1. The Morgan fingerprint density at radius 1 is 0.742 bits per heavy atom. The molecule has 0 unspecified atom stereocenters. The molecule has 0 heterocycles. The summed E-state index contributed by atoms with van der Waals surface area (Å²) in [6.07, 6.45) is 0.417. The maximum atomic E-state index is 12.6. The van der Waals surface area contributed by atoms with Gasteiger partial charge in [-0.05, 0) is 42.3 Å². The highest BCUT2D eigenvalue weighted by atomic mass is 16.2. The van der Waals surface area contributed by atoms with E-state index in [4.69, 9.17) is 0 Å². The monoisotopic (exact) mass is 415 g/mol. The van der Waals surface area contributed by atoms with Crippen molar-refractivity contribution in [2.75, 3.05) is 17.2 Å². The molecule has 0 aromatic heterocycles. The molecule has 0 atom stereocenters. The molecule has 0 aliphatic carbocycles. The lowest BCUT2D eigenvalue weighted by Crippen LogP contribution is -2.29. The highest BCUT2D eigenvalue weighted by Gasteiger charge is 2.14. The highest BCUT2D eigenvalue weighted by Crippen LogP contribution is 2.20. The van der Waals surface area contributed by atoms with Gasteiger partial charge in [0.15, 0.2) is 0 Å². The van der Waals surface area contributed by atoms with Gasteiger partial charge in [0.05, 0.1) is 6.42 Å². The van der Waals surface area contributed by atoms with E-state index in [0.717, 1.165) is 5.56 Å². The van der Waals surface area contributed by atoms with Crippen molar-refractivity contribution in [2.24, 2.45) is 0 Å². The molecule has 158 valence electrons. The van der Waals surface area contributed by atoms with Crippen molar-refractivity contribution in [3.8, 4) is 0 Å². The van der Waals surface area contributed by atoms with Gasteiger partial charge in [0.2, 0.25) is 11.8 Å². The van der Waals surface area contributed by atoms with Crippen LogP contribution in [0.3, 0.4) is 0 Å². The zero-order chi connectivity index (χ0) is 22.1. The fraction of sp³-hybridized carbons (Fsp3) is 0.160. The van der Waals surface area contributed by atoms with Crippen molar-refractivity contribution in [1.29, 1.82) is 0 Å². The van der Waals surface area contributed by atoms with Gasteiger partial charge < -0.3 is 16.0 Å². The zero-order valence-corrected chi connectivity index (χ0v) is 17.4. The minimum atomic E-state index is -0.243. The van der Waals surface area contributed by atoms with Crippen LogP contribution in [0, 0.1) is 6.92 Å². The molecule has 0 spiro atoms. The number of carbonyl (C=O) groups excluding carboxylic acids is 3. The van der Waals surface area contributed by atoms with Crippen LogP contribution in [0.4, 0.5) is 11.4 Å². The summed E-state index contributed by atoms with van der Waals surface area (Å²) in [5.41, 5.74) is 3.36. The van der Waals surface area contributed by atoms with Gasteiger partial charge in [-0.1, -0.05) is 54.6 Å². The van der Waals surface area contributed by atoms with Crippen LogP contribution in [0.5, 0.6) is 0 Å². The summed E-state index contributed by atoms with van der Waals surface area (Å²) in [5, 5.41) is 8.43. The molecule has 0 fully saturated rings. The topological polar surface area (TPSA) is 87.3 Å². The Balaban J connectivity index is 1.51. The highest BCUT2D eigenvalue weighted by molar-refractivity contribution is 6.06. The summed E-state index contributed by atoms with van der Waals surface area (Å²) in [6, 6.07) is 23.8. The van der Waals surface area contributed by atoms with E-state index in [1.54, 1.807) is 25.1 Å². The summed E-state index contributed by atoms with van der Waals surface area (Å²) in [5.74, 6) is -0.605. The Labute approximate surface area is 181 Å². The Morgan fingerprint density at radius 3 is 2.13 bits per heavy atom. The predicted octanol–water partition coefficient (Wildman–Crippen LogP) is 3.93. The van der Waals surface area contributed by atoms with Crippen LogP contribution in [-0.2, 0) is 16.0 Å². The Bertz CT molecular complexity index is 1050. The summed E-state index contributed by atoms with van der Waals surface area (Å²) in [6.45, 7) is 2.03. The van der Waals surface area contributed by atoms with Gasteiger partial charge in [0.25, 0.3) is 5.91 Å². The molecule has 0 aliphatic heterocycles. The predicted molar refractivity (Wildman–Crippen MR) is 122 cm³/mol. The standard InChI is InChI=1S/C25H25N3O3/c1-18-21(25(31)27-20-11-6-3-7-12-20)13-8-14-22(18)28-23(29)15-16-26-24(30)17-19-9-4-2-5-10-19/h2-14H,15-17H2,1H3,(H,26,30)(H,27,31)(H,28,29). The van der Waals surface area contributed by atoms with E-state index in [-0.39, 0.29) is 37.1 Å². The van der Waals surface area contributed by atoms with Crippen LogP contribution in [0.15, 0.2) is 78.9 Å². The number of anilines is 2. The molecule has 0 saturated heterocycles. The first-order chi connectivity index (χ1) is 15.0. The van der Waals surface area contributed by atoms with Crippen molar-refractivity contribution >= 4 is 29.1 Å². The second-order valence-electron chi connectivity index (χ2n) is 7.11. The van der Waals surface area contributed by atoms with Crippen LogP contribution >= 0.6 is 0 Å². The lowest BCUT2D eigenvalue weighted by Gasteiger charge is -2.13. The van der Waals surface area contributed by atoms with Crippen LogP contribution in [-0.4, -0.2) is 24.3 Å². The van der Waals surface area contributed by atoms with E-state index in [9.17, 15) is 14.4 Å². The molecule has 0 saturated carbocycles. The molecule has 0 radical (unpaired) electrons. The third kappa shape index (κ3) is 6.54. The minimum absolute atomic E-state index is 0.130. The zero-order valence-electron chi connectivity index (χ0n) is 17.4. The van der Waals surface area contributed by atoms with Crippen LogP contribution in [0.25, 0.3) is 0 Å². The minimum Gasteiger partial charge on any atom is -0.355 e. The van der Waals surface area contributed by atoms with Crippen molar-refractivity contribution < 1.29 is 14.4 Å². The number of benzene rings is 3. The molecule has 6 heteroatoms. The van der Waals surface area contributed by atoms with Gasteiger partial charge in [-0.2, -0.15) is 0 Å². The molecule has 3 N–H and O–H groups in total. The van der Waals surface area contributed by atoms with Crippen LogP contribution in [0.2, 0.25) is 0 Å². The molecule has 3 aromatic rings. The first-order valence-electron chi connectivity index (χ1n) is 10.1. The Kier molecular flexibility index (Phi) is 7.54. The SMILES string of the molecule is Cc1c(NC(=O)CCNC(=O)Cc2ccccc2)cccc1C(=O)Nc1ccccc1. The second-order valence-corrected chi connectivity index (χ2v) is 7.11. The van der Waals surface area contributed by atoms with Crippen molar-refractivity contribution in [2.45, 2.75) is 19.8 Å². The first kappa shape index (κ1) is 21.8. The van der Waals surface area contributed by atoms with Gasteiger partial charge in [-0.3, -0.25) is 14.4 Å². The lowest BCUT2D eigenvalue weighted by atomic mass is 10.1. The van der Waals surface area contributed by atoms with E-state index in [2.05, 4.69) is 16.0 Å². The van der Waals surface area contributed by atoms with Crippen molar-refractivity contribution in [1.82, 2.24) is 5.32 Å². The third-order valence-corrected chi connectivity index (χ3v) is 4.77. The third-order valence-electron chi connectivity index (χ3n) is 4.77. The molecule has 3 aromatic carbocycles. The molecule has 3 amide bonds. The number of hydrogen-bond donors (Lipinski definition) is 3.